The Hall–Kier alpha value is -2.12. The average Bonchev–Trinajstić information content (AvgIpc) is 3.13. The molecule has 6 nitrogen and oxygen atoms in total. The molecule has 0 unspecified atom stereocenters. The first-order chi connectivity index (χ1) is 14.8. The molecule has 0 bridgehead atoms. The van der Waals surface area contributed by atoms with Gasteiger partial charge in [0.05, 0.1) is 25.3 Å². The molecule has 0 spiro atoms. The van der Waals surface area contributed by atoms with Gasteiger partial charge in [-0.15, -0.1) is 0 Å². The molecule has 1 aliphatic heterocycles. The van der Waals surface area contributed by atoms with Gasteiger partial charge in [-0.05, 0) is 37.6 Å². The van der Waals surface area contributed by atoms with Gasteiger partial charge in [0.2, 0.25) is 0 Å². The lowest BCUT2D eigenvalue weighted by Crippen LogP contribution is -2.52. The van der Waals surface area contributed by atoms with E-state index in [0.717, 1.165) is 29.6 Å². The van der Waals surface area contributed by atoms with Gasteiger partial charge in [-0.2, -0.15) is 5.10 Å². The summed E-state index contributed by atoms with van der Waals surface area (Å²) in [5.74, 6) is -0.432. The zero-order valence-electron chi connectivity index (χ0n) is 17.6. The SMILES string of the molecule is CC(C)(COC(=O)c1nn(Cc2ccc(Cl)cc2Cl)c2ccccc12)N1CCOCC1. The first-order valence-electron chi connectivity index (χ1n) is 10.2. The molecule has 8 heteroatoms. The number of hydrogen-bond donors (Lipinski definition) is 0. The van der Waals surface area contributed by atoms with Crippen molar-refractivity contribution in [3.8, 4) is 0 Å². The summed E-state index contributed by atoms with van der Waals surface area (Å²) in [5, 5.41) is 6.46. The largest absolute Gasteiger partial charge is 0.459 e. The van der Waals surface area contributed by atoms with Gasteiger partial charge in [0, 0.05) is 34.1 Å². The van der Waals surface area contributed by atoms with E-state index in [1.807, 2.05) is 30.3 Å². The van der Waals surface area contributed by atoms with Gasteiger partial charge in [-0.25, -0.2) is 4.79 Å². The highest BCUT2D eigenvalue weighted by atomic mass is 35.5. The fourth-order valence-corrected chi connectivity index (χ4v) is 4.25. The normalized spacial score (nSPS) is 15.4. The highest BCUT2D eigenvalue weighted by Gasteiger charge is 2.30. The van der Waals surface area contributed by atoms with E-state index >= 15 is 0 Å². The van der Waals surface area contributed by atoms with Crippen LogP contribution in [0.25, 0.3) is 10.9 Å². The minimum Gasteiger partial charge on any atom is -0.459 e. The molecule has 2 heterocycles. The highest BCUT2D eigenvalue weighted by Crippen LogP contribution is 2.25. The summed E-state index contributed by atoms with van der Waals surface area (Å²) in [7, 11) is 0. The smallest absolute Gasteiger partial charge is 0.359 e. The molecule has 0 N–H and O–H groups in total. The lowest BCUT2D eigenvalue weighted by Gasteiger charge is -2.40. The lowest BCUT2D eigenvalue weighted by molar-refractivity contribution is -0.0366. The number of aromatic nitrogens is 2. The van der Waals surface area contributed by atoms with Gasteiger partial charge in [0.15, 0.2) is 5.69 Å². The molecule has 1 aliphatic rings. The minimum absolute atomic E-state index is 0.274. The summed E-state index contributed by atoms with van der Waals surface area (Å²) in [4.78, 5) is 15.3. The van der Waals surface area contributed by atoms with Crippen molar-refractivity contribution in [1.29, 1.82) is 0 Å². The van der Waals surface area contributed by atoms with Crippen molar-refractivity contribution in [2.45, 2.75) is 25.9 Å². The van der Waals surface area contributed by atoms with Crippen LogP contribution in [-0.4, -0.2) is 59.1 Å². The van der Waals surface area contributed by atoms with Crippen LogP contribution in [0.1, 0.15) is 29.9 Å². The summed E-state index contributed by atoms with van der Waals surface area (Å²) in [6, 6.07) is 13.0. The maximum absolute atomic E-state index is 13.0. The second-order valence-electron chi connectivity index (χ2n) is 8.25. The highest BCUT2D eigenvalue weighted by molar-refractivity contribution is 6.35. The molecule has 0 aliphatic carbocycles. The maximum Gasteiger partial charge on any atom is 0.359 e. The summed E-state index contributed by atoms with van der Waals surface area (Å²) >= 11 is 12.4. The van der Waals surface area contributed by atoms with E-state index in [0.29, 0.717) is 35.5 Å². The number of morpholine rings is 1. The average molecular weight is 462 g/mol. The number of benzene rings is 2. The number of fused-ring (bicyclic) bond motifs is 1. The molecule has 0 radical (unpaired) electrons. The monoisotopic (exact) mass is 461 g/mol. The zero-order valence-corrected chi connectivity index (χ0v) is 19.1. The number of nitrogens with zero attached hydrogens (tertiary/aromatic N) is 3. The van der Waals surface area contributed by atoms with Gasteiger partial charge in [-0.1, -0.05) is 47.5 Å². The van der Waals surface area contributed by atoms with Crippen LogP contribution in [0.15, 0.2) is 42.5 Å². The minimum atomic E-state index is -0.432. The van der Waals surface area contributed by atoms with Crippen molar-refractivity contribution in [2.24, 2.45) is 0 Å². The number of carbonyl (C=O) groups excluding carboxylic acids is 1. The number of carbonyl (C=O) groups is 1. The second-order valence-corrected chi connectivity index (χ2v) is 9.09. The zero-order chi connectivity index (χ0) is 22.0. The number of ether oxygens (including phenoxy) is 2. The molecule has 1 aromatic heterocycles. The predicted molar refractivity (Wildman–Crippen MR) is 122 cm³/mol. The molecule has 0 saturated carbocycles. The van der Waals surface area contributed by atoms with Gasteiger partial charge in [-0.3, -0.25) is 9.58 Å². The molecule has 3 aromatic rings. The Bertz CT molecular complexity index is 1090. The Morgan fingerprint density at radius 3 is 2.65 bits per heavy atom. The van der Waals surface area contributed by atoms with Crippen LogP contribution in [0.3, 0.4) is 0 Å². The third-order valence-electron chi connectivity index (χ3n) is 5.61. The van der Waals surface area contributed by atoms with Crippen molar-refractivity contribution in [3.05, 3.63) is 63.8 Å². The first-order valence-corrected chi connectivity index (χ1v) is 11.0. The Morgan fingerprint density at radius 2 is 1.90 bits per heavy atom. The summed E-state index contributed by atoms with van der Waals surface area (Å²) in [5.41, 5.74) is 1.73. The Balaban J connectivity index is 1.55. The lowest BCUT2D eigenvalue weighted by atomic mass is 10.0. The van der Waals surface area contributed by atoms with Crippen LogP contribution in [0.4, 0.5) is 0 Å². The third-order valence-corrected chi connectivity index (χ3v) is 6.20. The Labute approximate surface area is 191 Å². The Morgan fingerprint density at radius 1 is 1.16 bits per heavy atom. The molecule has 0 atom stereocenters. The van der Waals surface area contributed by atoms with Crippen LogP contribution in [0.5, 0.6) is 0 Å². The number of rotatable bonds is 6. The predicted octanol–water partition coefficient (Wildman–Crippen LogP) is 4.66. The number of halogens is 2. The standard InChI is InChI=1S/C23H25Cl2N3O3/c1-23(2,27-9-11-30-12-10-27)15-31-22(29)21-18-5-3-4-6-20(18)28(26-21)14-16-7-8-17(24)13-19(16)25/h3-8,13H,9-12,14-15H2,1-2H3. The molecule has 2 aromatic carbocycles. The quantitative estimate of drug-likeness (QED) is 0.499. The van der Waals surface area contributed by atoms with Gasteiger partial charge in [0.25, 0.3) is 0 Å². The van der Waals surface area contributed by atoms with Crippen LogP contribution in [0, 0.1) is 0 Å². The van der Waals surface area contributed by atoms with Crippen LogP contribution in [-0.2, 0) is 16.0 Å². The summed E-state index contributed by atoms with van der Waals surface area (Å²) in [6.07, 6.45) is 0. The van der Waals surface area contributed by atoms with E-state index in [1.165, 1.54) is 0 Å². The number of para-hydroxylation sites is 1. The van der Waals surface area contributed by atoms with Crippen molar-refractivity contribution in [2.75, 3.05) is 32.9 Å². The van der Waals surface area contributed by atoms with Crippen molar-refractivity contribution in [3.63, 3.8) is 0 Å². The molecule has 0 amide bonds. The van der Waals surface area contributed by atoms with E-state index < -0.39 is 5.97 Å². The summed E-state index contributed by atoms with van der Waals surface area (Å²) < 4.78 is 12.9. The maximum atomic E-state index is 13.0. The number of hydrogen-bond acceptors (Lipinski definition) is 5. The van der Waals surface area contributed by atoms with Crippen molar-refractivity contribution in [1.82, 2.24) is 14.7 Å². The molecule has 1 saturated heterocycles. The third kappa shape index (κ3) is 4.88. The topological polar surface area (TPSA) is 56.6 Å². The number of esters is 1. The molecule has 4 rings (SSSR count). The van der Waals surface area contributed by atoms with E-state index in [1.54, 1.807) is 16.8 Å². The van der Waals surface area contributed by atoms with E-state index in [9.17, 15) is 4.79 Å². The van der Waals surface area contributed by atoms with E-state index in [-0.39, 0.29) is 12.1 Å². The fraction of sp³-hybridized carbons (Fsp3) is 0.391. The summed E-state index contributed by atoms with van der Waals surface area (Å²) in [6.45, 7) is 7.88. The molecule has 164 valence electrons. The fourth-order valence-electron chi connectivity index (χ4n) is 3.78. The van der Waals surface area contributed by atoms with Gasteiger partial charge in [0.1, 0.15) is 6.61 Å². The van der Waals surface area contributed by atoms with Crippen LogP contribution >= 0.6 is 23.2 Å². The van der Waals surface area contributed by atoms with Crippen molar-refractivity contribution < 1.29 is 14.3 Å². The van der Waals surface area contributed by atoms with Gasteiger partial charge >= 0.3 is 5.97 Å². The Kier molecular flexibility index (Phi) is 6.53. The molecule has 1 fully saturated rings. The van der Waals surface area contributed by atoms with Crippen LogP contribution in [0.2, 0.25) is 10.0 Å². The molecule has 31 heavy (non-hydrogen) atoms. The first kappa shape index (κ1) is 22.1. The second kappa shape index (κ2) is 9.17. The van der Waals surface area contributed by atoms with Crippen molar-refractivity contribution >= 4 is 40.1 Å². The van der Waals surface area contributed by atoms with Gasteiger partial charge < -0.3 is 9.47 Å². The molecular weight excluding hydrogens is 437 g/mol. The molecular formula is C23H25Cl2N3O3. The van der Waals surface area contributed by atoms with E-state index in [4.69, 9.17) is 32.7 Å². The van der Waals surface area contributed by atoms with Crippen LogP contribution < -0.4 is 0 Å². The van der Waals surface area contributed by atoms with E-state index in [2.05, 4.69) is 23.8 Å².